The Bertz CT molecular complexity index is 3070. The largest absolute Gasteiger partial charge is 0.490 e. The molecule has 2 aromatic heterocycles. The van der Waals surface area contributed by atoms with E-state index in [-0.39, 0.29) is 61.2 Å². The third kappa shape index (κ3) is 21.1. The zero-order valence-electron chi connectivity index (χ0n) is 46.9. The molecule has 4 aromatic rings. The molecule has 0 radical (unpaired) electrons. The third-order valence-electron chi connectivity index (χ3n) is 14.4. The first-order valence-electron chi connectivity index (χ1n) is 27.0. The Morgan fingerprint density at radius 3 is 1.25 bits per heavy atom. The number of nitrogens with one attached hydrogen (secondary N) is 1. The molecule has 0 spiro atoms. The van der Waals surface area contributed by atoms with Crippen LogP contribution in [-0.2, 0) is 61.3 Å². The first-order chi connectivity index (χ1) is 40.4. The predicted octanol–water partition coefficient (Wildman–Crippen LogP) is 10.4. The van der Waals surface area contributed by atoms with E-state index in [4.69, 9.17) is 29.4 Å². The Balaban J connectivity index is 0.000000308. The number of aliphatic carboxylic acids is 3. The van der Waals surface area contributed by atoms with Crippen molar-refractivity contribution < 1.29 is 114 Å². The lowest BCUT2D eigenvalue weighted by Crippen LogP contribution is -2.58. The lowest BCUT2D eigenvalue weighted by molar-refractivity contribution is -0.202. The predicted molar refractivity (Wildman–Crippen MR) is 288 cm³/mol. The number of piperidine rings is 2. The maximum Gasteiger partial charge on any atom is 0.490 e. The number of carboxylic acid groups (broad SMARTS) is 3. The van der Waals surface area contributed by atoms with Crippen molar-refractivity contribution in [1.82, 2.24) is 25.2 Å². The average Bonchev–Trinajstić information content (AvgIpc) is 0.800. The smallest absolute Gasteiger partial charge is 0.480 e. The van der Waals surface area contributed by atoms with Crippen LogP contribution < -0.4 is 5.48 Å². The molecular weight excluding hydrogens is 1230 g/mol. The standard InChI is InChI=1S/C28H36F3N3O5S.C23H27F3N2O4S.2C2HF3O2/c1-2-34-17-15-27(16-18-34,26(35)33-39-25-7-3-4-19-38-25)40(36,37)23-11-9-22(10-12-23)24-13-8-21(20-32-24)6-5-14-28(29,30)31;1-2-28-14-12-22(13-15-28,21(29)30)33(31,32)19-8-6-18(7-9-19)20-10-5-17(16-27-20)4-3-11-23(24,25)26;2*3-2(4,5)1(6)7/h8-13,20,25H,2-7,14-19H2,1H3,(H,33,35);5-10,16H,2-4,11-15H2,1H3,(H,29,30);2*(H,6,7). The molecule has 3 fully saturated rings. The molecule has 0 saturated carbocycles. The maximum atomic E-state index is 14.0. The number of likely N-dealkylation sites (tertiary alicyclic amines) is 2. The van der Waals surface area contributed by atoms with Crippen LogP contribution in [0.5, 0.6) is 0 Å². The minimum atomic E-state index is -5.08. The zero-order valence-corrected chi connectivity index (χ0v) is 48.5. The van der Waals surface area contributed by atoms with Gasteiger partial charge in [0.2, 0.25) is 0 Å². The molecule has 7 rings (SSSR count). The Labute approximate surface area is 493 Å². The molecule has 0 bridgehead atoms. The van der Waals surface area contributed by atoms with E-state index < -0.39 is 96.8 Å². The molecule has 1 atom stereocenters. The summed E-state index contributed by atoms with van der Waals surface area (Å²) in [5.41, 5.74) is 6.16. The second-order valence-electron chi connectivity index (χ2n) is 20.2. The van der Waals surface area contributed by atoms with Crippen molar-refractivity contribution in [3.05, 3.63) is 96.3 Å². The van der Waals surface area contributed by atoms with Crippen LogP contribution in [0, 0.1) is 0 Å². The highest BCUT2D eigenvalue weighted by atomic mass is 32.2. The van der Waals surface area contributed by atoms with Crippen molar-refractivity contribution in [3.8, 4) is 22.5 Å². The number of aryl methyl sites for hydroxylation is 2. The molecule has 3 aliphatic rings. The second-order valence-corrected chi connectivity index (χ2v) is 24.7. The van der Waals surface area contributed by atoms with Crippen molar-refractivity contribution in [3.63, 3.8) is 0 Å². The molecule has 32 heteroatoms. The monoisotopic (exact) mass is 1300 g/mol. The number of carboxylic acids is 3. The highest BCUT2D eigenvalue weighted by Gasteiger charge is 2.54. The Morgan fingerprint density at radius 1 is 0.586 bits per heavy atom. The molecule has 18 nitrogen and oxygen atoms in total. The molecule has 87 heavy (non-hydrogen) atoms. The van der Waals surface area contributed by atoms with Crippen LogP contribution in [-0.4, -0.2) is 162 Å². The van der Waals surface area contributed by atoms with Crippen LogP contribution in [0.3, 0.4) is 0 Å². The summed E-state index contributed by atoms with van der Waals surface area (Å²) < 4.78 is 194. The number of hydrogen-bond acceptors (Lipinski definition) is 14. The van der Waals surface area contributed by atoms with E-state index in [9.17, 15) is 84.2 Å². The Morgan fingerprint density at radius 2 is 0.954 bits per heavy atom. The summed E-state index contributed by atoms with van der Waals surface area (Å²) in [6, 6.07) is 18.9. The van der Waals surface area contributed by atoms with E-state index >= 15 is 0 Å². The lowest BCUT2D eigenvalue weighted by Gasteiger charge is -2.39. The lowest BCUT2D eigenvalue weighted by atomic mass is 9.95. The van der Waals surface area contributed by atoms with E-state index in [0.717, 1.165) is 25.9 Å². The van der Waals surface area contributed by atoms with Crippen molar-refractivity contribution in [1.29, 1.82) is 0 Å². The maximum absolute atomic E-state index is 14.0. The number of aromatic nitrogens is 2. The number of hydroxylamine groups is 1. The van der Waals surface area contributed by atoms with Gasteiger partial charge in [0.05, 0.1) is 21.2 Å². The number of halogens is 12. The minimum Gasteiger partial charge on any atom is -0.480 e. The first-order valence-corrected chi connectivity index (χ1v) is 30.0. The summed E-state index contributed by atoms with van der Waals surface area (Å²) in [6.45, 7) is 7.68. The van der Waals surface area contributed by atoms with Crippen LogP contribution >= 0.6 is 0 Å². The summed E-state index contributed by atoms with van der Waals surface area (Å²) in [5.74, 6) is -7.53. The first kappa shape index (κ1) is 73.0. The van der Waals surface area contributed by atoms with Crippen molar-refractivity contribution >= 4 is 43.5 Å². The molecule has 1 amide bonds. The Kier molecular flexibility index (Phi) is 26.1. The number of nitrogens with zero attached hydrogens (tertiary/aromatic N) is 4. The SMILES string of the molecule is CCN1CCC(C(=O)NOC2CCCCO2)(S(=O)(=O)c2ccc(-c3ccc(CCCC(F)(F)F)cn3)cc2)CC1.CCN1CCC(C(=O)O)(S(=O)(=O)c2ccc(-c3ccc(CCCC(F)(F)F)cn3)cc2)CC1.O=C(O)C(F)(F)F.O=C(O)C(F)(F)F. The minimum absolute atomic E-state index is 0.0128. The molecule has 2 aromatic carbocycles. The van der Waals surface area contributed by atoms with Crippen LogP contribution in [0.1, 0.15) is 95.6 Å². The molecule has 3 saturated heterocycles. The van der Waals surface area contributed by atoms with Gasteiger partial charge in [0.15, 0.2) is 35.5 Å². The van der Waals surface area contributed by atoms with Gasteiger partial charge in [-0.05, 0) is 125 Å². The van der Waals surface area contributed by atoms with Gasteiger partial charge in [0.1, 0.15) is 0 Å². The van der Waals surface area contributed by atoms with Crippen molar-refractivity contribution in [2.45, 2.75) is 148 Å². The van der Waals surface area contributed by atoms with Gasteiger partial charge in [-0.2, -0.15) is 52.7 Å². The highest BCUT2D eigenvalue weighted by Crippen LogP contribution is 2.39. The van der Waals surface area contributed by atoms with Crippen LogP contribution in [0.2, 0.25) is 0 Å². The number of alkyl halides is 12. The fourth-order valence-corrected chi connectivity index (χ4v) is 13.1. The van der Waals surface area contributed by atoms with Gasteiger partial charge in [-0.15, -0.1) is 0 Å². The summed E-state index contributed by atoms with van der Waals surface area (Å²) >= 11 is 0. The van der Waals surface area contributed by atoms with Crippen LogP contribution in [0.4, 0.5) is 52.7 Å². The summed E-state index contributed by atoms with van der Waals surface area (Å²) in [7, 11) is -8.23. The van der Waals surface area contributed by atoms with Gasteiger partial charge >= 0.3 is 42.6 Å². The van der Waals surface area contributed by atoms with Gasteiger partial charge in [-0.1, -0.05) is 50.2 Å². The molecule has 4 N–H and O–H groups in total. The molecular formula is C55H65F12N5O13S2. The van der Waals surface area contributed by atoms with Crippen LogP contribution in [0.15, 0.2) is 95.0 Å². The van der Waals surface area contributed by atoms with E-state index in [1.54, 1.807) is 48.5 Å². The summed E-state index contributed by atoms with van der Waals surface area (Å²) in [6.07, 6.45) is -14.5. The number of ether oxygens (including phenoxy) is 1. The fraction of sp³-hybridized carbons (Fsp3) is 0.527. The van der Waals surface area contributed by atoms with Gasteiger partial charge in [-0.25, -0.2) is 36.7 Å². The number of amides is 1. The highest BCUT2D eigenvalue weighted by molar-refractivity contribution is 7.94. The van der Waals surface area contributed by atoms with E-state index in [0.29, 0.717) is 72.8 Å². The van der Waals surface area contributed by atoms with Crippen molar-refractivity contribution in [2.24, 2.45) is 0 Å². The number of carbonyl (C=O) groups excluding carboxylic acids is 1. The van der Waals surface area contributed by atoms with Crippen LogP contribution in [0.25, 0.3) is 22.5 Å². The van der Waals surface area contributed by atoms with E-state index in [1.807, 2.05) is 18.7 Å². The molecule has 0 aliphatic carbocycles. The van der Waals surface area contributed by atoms with E-state index in [1.165, 1.54) is 36.7 Å². The average molecular weight is 1300 g/mol. The summed E-state index contributed by atoms with van der Waals surface area (Å²) in [5, 5.41) is 24.1. The summed E-state index contributed by atoms with van der Waals surface area (Å²) in [4.78, 5) is 61.5. The Hall–Kier alpha value is -6.48. The number of sulfone groups is 2. The van der Waals surface area contributed by atoms with Gasteiger partial charge < -0.3 is 29.9 Å². The topological polar surface area (TPSA) is 260 Å². The van der Waals surface area contributed by atoms with Gasteiger partial charge in [0, 0.05) is 75.6 Å². The number of benzene rings is 2. The second kappa shape index (κ2) is 31.1. The third-order valence-corrected chi connectivity index (χ3v) is 19.4. The van der Waals surface area contributed by atoms with Crippen molar-refractivity contribution in [2.75, 3.05) is 45.9 Å². The normalized spacial score (nSPS) is 17.6. The number of pyridine rings is 2. The van der Waals surface area contributed by atoms with Gasteiger partial charge in [-0.3, -0.25) is 19.6 Å². The fourth-order valence-electron chi connectivity index (χ4n) is 9.23. The zero-order chi connectivity index (χ0) is 65.2. The number of rotatable bonds is 18. The van der Waals surface area contributed by atoms with Gasteiger partial charge in [0.25, 0.3) is 5.91 Å². The number of hydrogen-bond donors (Lipinski definition) is 4. The molecule has 484 valence electrons. The quantitative estimate of drug-likeness (QED) is 0.0533. The number of carbonyl (C=O) groups is 4. The molecule has 3 aliphatic heterocycles. The van der Waals surface area contributed by atoms with E-state index in [2.05, 4.69) is 20.3 Å². The molecule has 1 unspecified atom stereocenters. The molecule has 5 heterocycles.